The molecule has 0 fully saturated rings. The smallest absolute Gasteiger partial charge is 0.113 e. The Morgan fingerprint density at radius 3 is 2.24 bits per heavy atom. The fraction of sp³-hybridized carbons (Fsp3) is 0.176. The van der Waals surface area contributed by atoms with Crippen molar-refractivity contribution in [1.29, 1.82) is 0 Å². The first-order chi connectivity index (χ1) is 10.1. The molecule has 1 aromatic heterocycles. The predicted octanol–water partition coefficient (Wildman–Crippen LogP) is 4.71. The maximum absolute atomic E-state index is 5.90. The molecule has 21 heavy (non-hydrogen) atoms. The fourth-order valence-corrected chi connectivity index (χ4v) is 2.28. The maximum Gasteiger partial charge on any atom is 0.113 e. The molecule has 0 aliphatic heterocycles. The molecule has 0 spiro atoms. The van der Waals surface area contributed by atoms with Crippen molar-refractivity contribution in [2.75, 3.05) is 0 Å². The molecule has 0 saturated carbocycles. The second-order valence-corrected chi connectivity index (χ2v) is 5.74. The molecule has 0 radical (unpaired) electrons. The van der Waals surface area contributed by atoms with Crippen LogP contribution >= 0.6 is 11.6 Å². The lowest BCUT2D eigenvalue weighted by Crippen LogP contribution is -1.93. The minimum atomic E-state index is 0.531. The normalized spacial score (nSPS) is 11.0. The van der Waals surface area contributed by atoms with Gasteiger partial charge in [-0.3, -0.25) is 0 Å². The van der Waals surface area contributed by atoms with Gasteiger partial charge in [-0.1, -0.05) is 54.9 Å². The molecule has 0 amide bonds. The molecular weight excluding hydrogens is 282 g/mol. The van der Waals surface area contributed by atoms with Crippen LogP contribution in [0.15, 0.2) is 54.7 Å². The zero-order chi connectivity index (χ0) is 14.8. The largest absolute Gasteiger partial charge is 0.220 e. The van der Waals surface area contributed by atoms with Gasteiger partial charge in [0.15, 0.2) is 0 Å². The zero-order valence-electron chi connectivity index (χ0n) is 12.0. The van der Waals surface area contributed by atoms with E-state index in [1.54, 1.807) is 4.68 Å². The van der Waals surface area contributed by atoms with Crippen LogP contribution in [0.2, 0.25) is 5.02 Å². The predicted molar refractivity (Wildman–Crippen MR) is 85.9 cm³/mol. The van der Waals surface area contributed by atoms with Gasteiger partial charge >= 0.3 is 0 Å². The number of hydrogen-bond donors (Lipinski definition) is 0. The van der Waals surface area contributed by atoms with E-state index in [1.807, 2.05) is 30.5 Å². The van der Waals surface area contributed by atoms with Crippen molar-refractivity contribution in [3.63, 3.8) is 0 Å². The van der Waals surface area contributed by atoms with E-state index in [4.69, 9.17) is 11.6 Å². The number of nitrogens with zero attached hydrogens (tertiary/aromatic N) is 3. The van der Waals surface area contributed by atoms with E-state index in [0.29, 0.717) is 10.9 Å². The van der Waals surface area contributed by atoms with Crippen LogP contribution in [0, 0.1) is 0 Å². The lowest BCUT2D eigenvalue weighted by molar-refractivity contribution is 0.804. The first-order valence-corrected chi connectivity index (χ1v) is 7.30. The third kappa shape index (κ3) is 2.98. The summed E-state index contributed by atoms with van der Waals surface area (Å²) in [4.78, 5) is 0. The zero-order valence-corrected chi connectivity index (χ0v) is 12.7. The molecule has 0 saturated heterocycles. The van der Waals surface area contributed by atoms with E-state index >= 15 is 0 Å². The van der Waals surface area contributed by atoms with Gasteiger partial charge in [0.25, 0.3) is 0 Å². The van der Waals surface area contributed by atoms with Crippen LogP contribution in [0.1, 0.15) is 25.3 Å². The topological polar surface area (TPSA) is 30.7 Å². The van der Waals surface area contributed by atoms with E-state index in [1.165, 1.54) is 5.56 Å². The van der Waals surface area contributed by atoms with Crippen molar-refractivity contribution in [2.45, 2.75) is 19.8 Å². The fourth-order valence-electron chi connectivity index (χ4n) is 2.15. The molecule has 3 rings (SSSR count). The number of rotatable bonds is 3. The Balaban J connectivity index is 1.89. The van der Waals surface area contributed by atoms with E-state index < -0.39 is 0 Å². The van der Waals surface area contributed by atoms with Gasteiger partial charge in [0, 0.05) is 10.6 Å². The highest BCUT2D eigenvalue weighted by atomic mass is 35.5. The Morgan fingerprint density at radius 1 is 0.952 bits per heavy atom. The molecule has 106 valence electrons. The molecular formula is C17H16ClN3. The highest BCUT2D eigenvalue weighted by Gasteiger charge is 2.06. The van der Waals surface area contributed by atoms with Crippen LogP contribution in [0.25, 0.3) is 16.9 Å². The quantitative estimate of drug-likeness (QED) is 0.701. The van der Waals surface area contributed by atoms with E-state index in [-0.39, 0.29) is 0 Å². The molecule has 3 nitrogen and oxygen atoms in total. The Labute approximate surface area is 129 Å². The standard InChI is InChI=1S/C17H16ClN3/c1-12(2)13-3-5-14(6-4-13)17-11-21(20-19-17)16-9-7-15(18)8-10-16/h3-12H,1-2H3. The number of halogens is 1. The van der Waals surface area contributed by atoms with E-state index in [9.17, 15) is 0 Å². The third-order valence-electron chi connectivity index (χ3n) is 3.46. The summed E-state index contributed by atoms with van der Waals surface area (Å²) < 4.78 is 1.75. The Kier molecular flexibility index (Phi) is 3.76. The van der Waals surface area contributed by atoms with Gasteiger partial charge in [0.05, 0.1) is 11.9 Å². The van der Waals surface area contributed by atoms with Gasteiger partial charge in [0.2, 0.25) is 0 Å². The van der Waals surface area contributed by atoms with Crippen LogP contribution < -0.4 is 0 Å². The first kappa shape index (κ1) is 13.8. The van der Waals surface area contributed by atoms with Gasteiger partial charge in [-0.25, -0.2) is 4.68 Å². The average Bonchev–Trinajstić information content (AvgIpc) is 2.98. The molecule has 0 aliphatic carbocycles. The molecule has 0 N–H and O–H groups in total. The van der Waals surface area contributed by atoms with Crippen molar-refractivity contribution in [3.8, 4) is 16.9 Å². The first-order valence-electron chi connectivity index (χ1n) is 6.92. The summed E-state index contributed by atoms with van der Waals surface area (Å²) in [5, 5.41) is 9.12. The Morgan fingerprint density at radius 2 is 1.62 bits per heavy atom. The maximum atomic E-state index is 5.90. The summed E-state index contributed by atoms with van der Waals surface area (Å²) in [6, 6.07) is 16.0. The van der Waals surface area contributed by atoms with Gasteiger partial charge < -0.3 is 0 Å². The van der Waals surface area contributed by atoms with Crippen LogP contribution in [-0.4, -0.2) is 15.0 Å². The second-order valence-electron chi connectivity index (χ2n) is 5.30. The summed E-state index contributed by atoms with van der Waals surface area (Å²) in [5.41, 5.74) is 4.20. The minimum Gasteiger partial charge on any atom is -0.220 e. The molecule has 0 unspecified atom stereocenters. The number of hydrogen-bond acceptors (Lipinski definition) is 2. The molecule has 2 aromatic carbocycles. The summed E-state index contributed by atoms with van der Waals surface area (Å²) in [6.45, 7) is 4.37. The van der Waals surface area contributed by atoms with Crippen molar-refractivity contribution >= 4 is 11.6 Å². The lowest BCUT2D eigenvalue weighted by atomic mass is 10.0. The molecule has 1 heterocycles. The van der Waals surface area contributed by atoms with Crippen LogP contribution in [0.3, 0.4) is 0 Å². The molecule has 0 aliphatic rings. The highest BCUT2D eigenvalue weighted by Crippen LogP contribution is 2.22. The summed E-state index contributed by atoms with van der Waals surface area (Å²) in [5.74, 6) is 0.531. The summed E-state index contributed by atoms with van der Waals surface area (Å²) in [7, 11) is 0. The van der Waals surface area contributed by atoms with E-state index in [0.717, 1.165) is 16.9 Å². The SMILES string of the molecule is CC(C)c1ccc(-c2cn(-c3ccc(Cl)cc3)nn2)cc1. The number of benzene rings is 2. The van der Waals surface area contributed by atoms with Crippen molar-refractivity contribution in [2.24, 2.45) is 0 Å². The lowest BCUT2D eigenvalue weighted by Gasteiger charge is -2.05. The second kappa shape index (κ2) is 5.70. The van der Waals surface area contributed by atoms with Crippen LogP contribution in [0.5, 0.6) is 0 Å². The molecule has 3 aromatic rings. The summed E-state index contributed by atoms with van der Waals surface area (Å²) >= 11 is 5.90. The van der Waals surface area contributed by atoms with Gasteiger partial charge in [-0.2, -0.15) is 0 Å². The minimum absolute atomic E-state index is 0.531. The monoisotopic (exact) mass is 297 g/mol. The van der Waals surface area contributed by atoms with Crippen molar-refractivity contribution in [3.05, 3.63) is 65.3 Å². The van der Waals surface area contributed by atoms with Crippen LogP contribution in [0.4, 0.5) is 0 Å². The average molecular weight is 298 g/mol. The van der Waals surface area contributed by atoms with Gasteiger partial charge in [0.1, 0.15) is 5.69 Å². The highest BCUT2D eigenvalue weighted by molar-refractivity contribution is 6.30. The summed E-state index contributed by atoms with van der Waals surface area (Å²) in [6.07, 6.45) is 1.92. The Hall–Kier alpha value is -2.13. The van der Waals surface area contributed by atoms with Gasteiger partial charge in [-0.15, -0.1) is 5.10 Å². The third-order valence-corrected chi connectivity index (χ3v) is 3.71. The van der Waals surface area contributed by atoms with Crippen LogP contribution in [-0.2, 0) is 0 Å². The number of aromatic nitrogens is 3. The van der Waals surface area contributed by atoms with Crippen molar-refractivity contribution in [1.82, 2.24) is 15.0 Å². The van der Waals surface area contributed by atoms with E-state index in [2.05, 4.69) is 48.4 Å². The van der Waals surface area contributed by atoms with Gasteiger partial charge in [-0.05, 0) is 35.7 Å². The Bertz CT molecular complexity index is 727. The molecule has 4 heteroatoms. The molecule has 0 bridgehead atoms. The molecule has 0 atom stereocenters. The van der Waals surface area contributed by atoms with Crippen molar-refractivity contribution < 1.29 is 0 Å².